The Morgan fingerprint density at radius 3 is 0.881 bits per heavy atom. The maximum Gasteiger partial charge on any atom is -0.00340 e. The Hall–Kier alpha value is -2.34. The van der Waals surface area contributed by atoms with Crippen molar-refractivity contribution in [3.05, 3.63) is 83.9 Å². The second-order valence-corrected chi connectivity index (χ2v) is 18.6. The summed E-state index contributed by atoms with van der Waals surface area (Å²) in [5.41, 5.74) is 11.7. The average molecular weight is 555 g/mol. The van der Waals surface area contributed by atoms with Crippen molar-refractivity contribution < 1.29 is 0 Å². The average Bonchev–Trinajstić information content (AvgIpc) is 2.89. The summed E-state index contributed by atoms with van der Waals surface area (Å²) in [5.74, 6) is 1.88. The van der Waals surface area contributed by atoms with Crippen LogP contribution in [-0.2, 0) is 10.8 Å². The molecule has 0 heterocycles. The summed E-state index contributed by atoms with van der Waals surface area (Å²) in [4.78, 5) is 0. The number of benzene rings is 3. The van der Waals surface area contributed by atoms with Crippen LogP contribution in [0.25, 0.3) is 22.3 Å². The van der Waals surface area contributed by atoms with Gasteiger partial charge in [-0.1, -0.05) is 100 Å². The minimum Gasteiger partial charge on any atom is -0.0596 e. The fourth-order valence-corrected chi connectivity index (χ4v) is 14.4. The third kappa shape index (κ3) is 3.92. The van der Waals surface area contributed by atoms with Gasteiger partial charge in [-0.3, -0.25) is 0 Å². The highest BCUT2D eigenvalue weighted by atomic mass is 14.7. The summed E-state index contributed by atoms with van der Waals surface area (Å²) in [6, 6.07) is 29.0. The first-order valence-electron chi connectivity index (χ1n) is 17.3. The first-order valence-corrected chi connectivity index (χ1v) is 17.3. The SMILES string of the molecule is C[C@]12CC3CC(c4ccc(-c5ccc(-c6ccc(C78CC9C[C@@](C)(C7)C[C@](C)(C9)C8)cc6)cc5)cc4)(C1)C[C@@](C)(C3)C2. The van der Waals surface area contributed by atoms with E-state index in [-0.39, 0.29) is 0 Å². The minimum atomic E-state index is 0.420. The van der Waals surface area contributed by atoms with Crippen molar-refractivity contribution in [3.8, 4) is 22.3 Å². The Kier molecular flexibility index (Phi) is 5.11. The van der Waals surface area contributed by atoms with E-state index in [1.54, 1.807) is 11.1 Å². The predicted octanol–water partition coefficient (Wildman–Crippen LogP) is 11.5. The Bertz CT molecular complexity index is 1380. The molecule has 3 aromatic rings. The van der Waals surface area contributed by atoms with Gasteiger partial charge in [0.2, 0.25) is 0 Å². The molecule has 8 fully saturated rings. The molecule has 8 aliphatic rings. The molecule has 4 unspecified atom stereocenters. The van der Waals surface area contributed by atoms with E-state index >= 15 is 0 Å². The Morgan fingerprint density at radius 2 is 0.619 bits per heavy atom. The van der Waals surface area contributed by atoms with Crippen molar-refractivity contribution in [1.29, 1.82) is 0 Å². The molecular weight excluding hydrogens is 504 g/mol. The summed E-state index contributed by atoms with van der Waals surface area (Å²) in [7, 11) is 0. The van der Waals surface area contributed by atoms with E-state index in [9.17, 15) is 0 Å². The topological polar surface area (TPSA) is 0 Å². The molecule has 42 heavy (non-hydrogen) atoms. The summed E-state index contributed by atoms with van der Waals surface area (Å²) < 4.78 is 0. The van der Waals surface area contributed by atoms with E-state index in [0.717, 1.165) is 11.8 Å². The summed E-state index contributed by atoms with van der Waals surface area (Å²) in [5, 5.41) is 0. The fourth-order valence-electron chi connectivity index (χ4n) is 14.4. The third-order valence-electron chi connectivity index (χ3n) is 13.8. The summed E-state index contributed by atoms with van der Waals surface area (Å²) in [6.07, 6.45) is 17.2. The monoisotopic (exact) mass is 554 g/mol. The van der Waals surface area contributed by atoms with Crippen molar-refractivity contribution in [2.24, 2.45) is 33.5 Å². The summed E-state index contributed by atoms with van der Waals surface area (Å²) in [6.45, 7) is 10.4. The van der Waals surface area contributed by atoms with Gasteiger partial charge >= 0.3 is 0 Å². The maximum absolute atomic E-state index is 2.59. The normalized spacial score (nSPS) is 44.6. The molecule has 0 radical (unpaired) electrons. The van der Waals surface area contributed by atoms with E-state index in [2.05, 4.69) is 100 Å². The maximum atomic E-state index is 2.59. The predicted molar refractivity (Wildman–Crippen MR) is 175 cm³/mol. The van der Waals surface area contributed by atoms with Gasteiger partial charge in [0.1, 0.15) is 0 Å². The highest BCUT2D eigenvalue weighted by Gasteiger charge is 2.61. The lowest BCUT2D eigenvalue weighted by Gasteiger charge is -2.65. The molecule has 0 aromatic heterocycles. The van der Waals surface area contributed by atoms with Crippen LogP contribution in [0.3, 0.4) is 0 Å². The van der Waals surface area contributed by atoms with Crippen LogP contribution in [0.1, 0.15) is 116 Å². The lowest BCUT2D eigenvalue weighted by Crippen LogP contribution is -2.56. The van der Waals surface area contributed by atoms with Gasteiger partial charge in [-0.05, 0) is 155 Å². The van der Waals surface area contributed by atoms with Crippen molar-refractivity contribution >= 4 is 0 Å². The molecule has 0 heteroatoms. The van der Waals surface area contributed by atoms with Gasteiger partial charge in [-0.25, -0.2) is 0 Å². The van der Waals surface area contributed by atoms with Gasteiger partial charge in [0.15, 0.2) is 0 Å². The first-order chi connectivity index (χ1) is 20.0. The molecule has 0 amide bonds. The molecule has 8 aliphatic carbocycles. The van der Waals surface area contributed by atoms with Crippen molar-refractivity contribution in [2.75, 3.05) is 0 Å². The van der Waals surface area contributed by atoms with Crippen molar-refractivity contribution in [1.82, 2.24) is 0 Å². The Balaban J connectivity index is 0.942. The van der Waals surface area contributed by atoms with Crippen LogP contribution >= 0.6 is 0 Å². The third-order valence-corrected chi connectivity index (χ3v) is 13.8. The van der Waals surface area contributed by atoms with Gasteiger partial charge in [0, 0.05) is 0 Å². The zero-order valence-corrected chi connectivity index (χ0v) is 26.6. The second-order valence-electron chi connectivity index (χ2n) is 18.6. The van der Waals surface area contributed by atoms with Gasteiger partial charge in [0.05, 0.1) is 0 Å². The van der Waals surface area contributed by atoms with Crippen LogP contribution in [0.4, 0.5) is 0 Å². The molecule has 0 aliphatic heterocycles. The van der Waals surface area contributed by atoms with Crippen LogP contribution in [0, 0.1) is 33.5 Å². The van der Waals surface area contributed by atoms with E-state index in [0.29, 0.717) is 32.5 Å². The minimum absolute atomic E-state index is 0.420. The first kappa shape index (κ1) is 26.1. The molecule has 0 saturated heterocycles. The molecule has 8 atom stereocenters. The molecular formula is C42H50. The lowest BCUT2D eigenvalue weighted by atomic mass is 9.39. The molecule has 3 aromatic carbocycles. The van der Waals surface area contributed by atoms with Gasteiger partial charge in [0.25, 0.3) is 0 Å². The van der Waals surface area contributed by atoms with Crippen LogP contribution in [-0.4, -0.2) is 0 Å². The van der Waals surface area contributed by atoms with Crippen molar-refractivity contribution in [3.63, 3.8) is 0 Å². The molecule has 0 nitrogen and oxygen atoms in total. The van der Waals surface area contributed by atoms with E-state index < -0.39 is 0 Å². The lowest BCUT2D eigenvalue weighted by molar-refractivity contribution is -0.110. The van der Waals surface area contributed by atoms with E-state index in [1.807, 2.05) is 0 Å². The van der Waals surface area contributed by atoms with Crippen LogP contribution in [0.2, 0.25) is 0 Å². The molecule has 218 valence electrons. The smallest absolute Gasteiger partial charge is 0.00340 e. The highest BCUT2D eigenvalue weighted by Crippen LogP contribution is 2.71. The molecule has 0 N–H and O–H groups in total. The van der Waals surface area contributed by atoms with E-state index in [4.69, 9.17) is 0 Å². The van der Waals surface area contributed by atoms with Crippen LogP contribution < -0.4 is 0 Å². The molecule has 0 spiro atoms. The zero-order chi connectivity index (χ0) is 28.6. The van der Waals surface area contributed by atoms with Gasteiger partial charge in [-0.2, -0.15) is 0 Å². The number of rotatable bonds is 4. The number of hydrogen-bond donors (Lipinski definition) is 0. The molecule has 11 rings (SSSR count). The second kappa shape index (κ2) is 8.22. The Labute approximate surface area is 254 Å². The Morgan fingerprint density at radius 1 is 0.357 bits per heavy atom. The number of hydrogen-bond acceptors (Lipinski definition) is 0. The van der Waals surface area contributed by atoms with Crippen LogP contribution in [0.5, 0.6) is 0 Å². The standard InChI is InChI=1S/C42H50/c1-37-17-29-18-38(2,23-37)26-41(21-29,25-37)35-13-9-33(10-14-35)31-5-7-32(8-6-31)34-11-15-36(16-12-34)42-22-30-19-39(3,27-42)24-40(4,20-30)28-42/h5-16,29-30H,17-28H2,1-4H3/t29?,30?,37-,38+,39-,40+,41?,42?. The van der Waals surface area contributed by atoms with Crippen molar-refractivity contribution in [2.45, 2.75) is 116 Å². The highest BCUT2D eigenvalue weighted by molar-refractivity contribution is 5.71. The zero-order valence-electron chi connectivity index (χ0n) is 26.6. The van der Waals surface area contributed by atoms with E-state index in [1.165, 1.54) is 99.3 Å². The quantitative estimate of drug-likeness (QED) is 0.301. The molecule has 8 bridgehead atoms. The van der Waals surface area contributed by atoms with Gasteiger partial charge < -0.3 is 0 Å². The van der Waals surface area contributed by atoms with Crippen LogP contribution in [0.15, 0.2) is 72.8 Å². The largest absolute Gasteiger partial charge is 0.0596 e. The fraction of sp³-hybridized carbons (Fsp3) is 0.571. The summed E-state index contributed by atoms with van der Waals surface area (Å²) >= 11 is 0. The molecule has 8 saturated carbocycles. The van der Waals surface area contributed by atoms with Gasteiger partial charge in [-0.15, -0.1) is 0 Å².